The molecule has 0 bridgehead atoms. The number of hydrogen-bond donors (Lipinski definition) is 1. The largest absolute Gasteiger partial charge is 0.494 e. The summed E-state index contributed by atoms with van der Waals surface area (Å²) in [5, 5.41) is 3.09. The van der Waals surface area contributed by atoms with Gasteiger partial charge >= 0.3 is 0 Å². The molecule has 1 saturated heterocycles. The fourth-order valence-corrected chi connectivity index (χ4v) is 5.54. The molecule has 4 atom stereocenters. The number of nitrogens with zero attached hydrogens (tertiary/aromatic N) is 1. The summed E-state index contributed by atoms with van der Waals surface area (Å²) in [6.07, 6.45) is 8.78. The molecule has 0 aromatic rings. The van der Waals surface area contributed by atoms with Crippen LogP contribution in [0.3, 0.4) is 0 Å². The van der Waals surface area contributed by atoms with Crippen LogP contribution >= 0.6 is 0 Å². The summed E-state index contributed by atoms with van der Waals surface area (Å²) in [5.74, 6) is 1.46. The van der Waals surface area contributed by atoms with Crippen LogP contribution in [0.4, 0.5) is 0 Å². The zero-order chi connectivity index (χ0) is 19.4. The maximum Gasteiger partial charge on any atom is 0.219 e. The maximum atomic E-state index is 12.7. The van der Waals surface area contributed by atoms with Crippen LogP contribution in [0.1, 0.15) is 78.6 Å². The molecule has 0 aliphatic carbocycles. The zero-order valence-corrected chi connectivity index (χ0v) is 17.4. The quantitative estimate of drug-likeness (QED) is 0.520. The molecule has 1 N–H and O–H groups in total. The van der Waals surface area contributed by atoms with Crippen LogP contribution in [-0.2, 0) is 14.3 Å². The van der Waals surface area contributed by atoms with E-state index >= 15 is 0 Å². The Kier molecular flexibility index (Phi) is 6.61. The highest BCUT2D eigenvalue weighted by Crippen LogP contribution is 2.44. The lowest BCUT2D eigenvalue weighted by molar-refractivity contribution is -0.957. The van der Waals surface area contributed by atoms with Gasteiger partial charge in [-0.15, -0.1) is 0 Å². The van der Waals surface area contributed by atoms with Gasteiger partial charge in [0.2, 0.25) is 5.91 Å². The number of ketones is 1. The first-order valence-electron chi connectivity index (χ1n) is 11.0. The third-order valence-electron chi connectivity index (χ3n) is 6.95. The number of quaternary nitrogens is 1. The summed E-state index contributed by atoms with van der Waals surface area (Å²) >= 11 is 0. The Balaban J connectivity index is 1.59. The molecule has 5 heteroatoms. The van der Waals surface area contributed by atoms with Gasteiger partial charge < -0.3 is 14.5 Å². The Morgan fingerprint density at radius 2 is 2.04 bits per heavy atom. The van der Waals surface area contributed by atoms with Crippen molar-refractivity contribution in [1.82, 2.24) is 5.32 Å². The minimum absolute atomic E-state index is 0.0211. The molecule has 1 fully saturated rings. The molecule has 3 aliphatic heterocycles. The first-order chi connectivity index (χ1) is 13.0. The topological polar surface area (TPSA) is 55.4 Å². The molecule has 2 unspecified atom stereocenters. The Labute approximate surface area is 164 Å². The Bertz CT molecular complexity index is 600. The molecular formula is C22H37N2O3+. The molecule has 3 rings (SSSR count). The van der Waals surface area contributed by atoms with E-state index in [0.717, 1.165) is 67.6 Å². The number of carbonyl (C=O) groups excluding carboxylic acids is 2. The van der Waals surface area contributed by atoms with Crippen molar-refractivity contribution in [1.29, 1.82) is 0 Å². The third-order valence-corrected chi connectivity index (χ3v) is 6.95. The molecule has 0 radical (unpaired) electrons. The van der Waals surface area contributed by atoms with Crippen LogP contribution in [0.15, 0.2) is 11.3 Å². The molecule has 27 heavy (non-hydrogen) atoms. The van der Waals surface area contributed by atoms with E-state index in [0.29, 0.717) is 24.7 Å². The van der Waals surface area contributed by atoms with Crippen LogP contribution in [0.5, 0.6) is 0 Å². The van der Waals surface area contributed by atoms with E-state index in [1.165, 1.54) is 12.8 Å². The predicted octanol–water partition coefficient (Wildman–Crippen LogP) is 3.48. The number of carbonyl (C=O) groups is 2. The van der Waals surface area contributed by atoms with E-state index in [9.17, 15) is 9.59 Å². The average Bonchev–Trinajstić information content (AvgIpc) is 3.02. The van der Waals surface area contributed by atoms with Crippen LogP contribution in [0, 0.1) is 0 Å². The van der Waals surface area contributed by atoms with Gasteiger partial charge in [0, 0.05) is 38.6 Å². The van der Waals surface area contributed by atoms with E-state index in [1.54, 1.807) is 0 Å². The van der Waals surface area contributed by atoms with E-state index in [4.69, 9.17) is 4.74 Å². The van der Waals surface area contributed by atoms with Gasteiger partial charge in [-0.05, 0) is 20.3 Å². The highest BCUT2D eigenvalue weighted by atomic mass is 16.5. The number of nitrogens with one attached hydrogen (secondary N) is 1. The fourth-order valence-electron chi connectivity index (χ4n) is 5.54. The molecule has 3 heterocycles. The first-order valence-corrected chi connectivity index (χ1v) is 11.0. The normalized spacial score (nSPS) is 32.7. The lowest BCUT2D eigenvalue weighted by Gasteiger charge is -2.50. The number of ether oxygens (including phenoxy) is 1. The van der Waals surface area contributed by atoms with Crippen molar-refractivity contribution >= 4 is 11.7 Å². The number of unbranched alkanes of at least 4 members (excludes halogenated alkanes) is 2. The zero-order valence-electron chi connectivity index (χ0n) is 17.4. The van der Waals surface area contributed by atoms with E-state index in [1.807, 2.05) is 6.92 Å². The first kappa shape index (κ1) is 20.4. The van der Waals surface area contributed by atoms with Gasteiger partial charge in [-0.2, -0.15) is 0 Å². The number of amides is 1. The number of Topliss-reactive ketones (excluding diaryl/α,β-unsaturated/α-hetero) is 1. The van der Waals surface area contributed by atoms with Gasteiger partial charge in [-0.25, -0.2) is 0 Å². The Morgan fingerprint density at radius 3 is 2.81 bits per heavy atom. The smallest absolute Gasteiger partial charge is 0.219 e. The summed E-state index contributed by atoms with van der Waals surface area (Å²) in [5.41, 5.74) is 0.967. The molecular weight excluding hydrogens is 340 g/mol. The summed E-state index contributed by atoms with van der Waals surface area (Å²) in [6.45, 7) is 9.32. The molecule has 152 valence electrons. The second-order valence-corrected chi connectivity index (χ2v) is 8.78. The fraction of sp³-hybridized carbons (Fsp3) is 0.818. The van der Waals surface area contributed by atoms with Crippen LogP contribution in [0.25, 0.3) is 0 Å². The van der Waals surface area contributed by atoms with Crippen molar-refractivity contribution in [2.45, 2.75) is 96.7 Å². The van der Waals surface area contributed by atoms with Gasteiger partial charge in [0.25, 0.3) is 0 Å². The third kappa shape index (κ3) is 4.23. The molecule has 3 aliphatic rings. The second-order valence-electron chi connectivity index (χ2n) is 8.78. The lowest BCUT2D eigenvalue weighted by atomic mass is 9.85. The number of rotatable bonds is 8. The molecule has 0 aromatic carbocycles. The highest BCUT2D eigenvalue weighted by Gasteiger charge is 2.53. The predicted molar refractivity (Wildman–Crippen MR) is 106 cm³/mol. The summed E-state index contributed by atoms with van der Waals surface area (Å²) < 4.78 is 7.10. The standard InChI is InChI=1S/C22H36N2O3/c1-4-5-6-10-21(26)23-11-8-13-24-12-7-9-18(24)15-20-22(17(24)3)19(25)14-16(2)27-20/h16-18H,4-15H2,1-3H3/p+1/t16?,17-,18-,24?/m1/s1. The minimum atomic E-state index is 0.0211. The van der Waals surface area contributed by atoms with Crippen LogP contribution in [-0.4, -0.2) is 54.0 Å². The summed E-state index contributed by atoms with van der Waals surface area (Å²) in [4.78, 5) is 24.7. The average molecular weight is 378 g/mol. The lowest BCUT2D eigenvalue weighted by Crippen LogP contribution is -2.62. The van der Waals surface area contributed by atoms with E-state index in [2.05, 4.69) is 19.2 Å². The Morgan fingerprint density at radius 1 is 1.22 bits per heavy atom. The SMILES string of the molecule is CCCCCC(=O)NCCC[N+]12CCC[C@@H]1CC1=C(C(=O)CC(C)O1)[C@H]2C. The number of hydrogen-bond acceptors (Lipinski definition) is 3. The molecule has 0 spiro atoms. The van der Waals surface area contributed by atoms with Crippen molar-refractivity contribution in [3.05, 3.63) is 11.3 Å². The molecule has 0 saturated carbocycles. The van der Waals surface area contributed by atoms with Gasteiger partial charge in [0.15, 0.2) is 5.78 Å². The monoisotopic (exact) mass is 377 g/mol. The maximum absolute atomic E-state index is 12.7. The highest BCUT2D eigenvalue weighted by molar-refractivity contribution is 5.97. The molecule has 5 nitrogen and oxygen atoms in total. The molecule has 0 aromatic heterocycles. The van der Waals surface area contributed by atoms with Crippen molar-refractivity contribution in [2.24, 2.45) is 0 Å². The minimum Gasteiger partial charge on any atom is -0.494 e. The van der Waals surface area contributed by atoms with E-state index < -0.39 is 0 Å². The second kappa shape index (κ2) is 8.76. The number of fused-ring (bicyclic) bond motifs is 1. The van der Waals surface area contributed by atoms with Gasteiger partial charge in [0.05, 0.1) is 31.1 Å². The van der Waals surface area contributed by atoms with E-state index in [-0.39, 0.29) is 18.1 Å². The Hall–Kier alpha value is -1.36. The van der Waals surface area contributed by atoms with Gasteiger partial charge in [-0.3, -0.25) is 9.59 Å². The molecule has 1 amide bonds. The summed E-state index contributed by atoms with van der Waals surface area (Å²) in [6, 6.07) is 0.790. The van der Waals surface area contributed by atoms with Crippen molar-refractivity contribution in [3.8, 4) is 0 Å². The van der Waals surface area contributed by atoms with Crippen LogP contribution < -0.4 is 5.32 Å². The van der Waals surface area contributed by atoms with Crippen molar-refractivity contribution in [2.75, 3.05) is 19.6 Å². The summed E-state index contributed by atoms with van der Waals surface area (Å²) in [7, 11) is 0. The van der Waals surface area contributed by atoms with Gasteiger partial charge in [0.1, 0.15) is 17.9 Å². The van der Waals surface area contributed by atoms with Crippen molar-refractivity contribution < 1.29 is 18.8 Å². The van der Waals surface area contributed by atoms with Crippen molar-refractivity contribution in [3.63, 3.8) is 0 Å². The van der Waals surface area contributed by atoms with Crippen LogP contribution in [0.2, 0.25) is 0 Å². The van der Waals surface area contributed by atoms with Gasteiger partial charge in [-0.1, -0.05) is 19.8 Å².